The number of carbonyl (C=O) groups excluding carboxylic acids is 1. The SMILES string of the molecule is CCc1cc(Oc2cc(F)cc(C(C)NC(=O)c3c(C)c4cc(F)ccc4n3C)c2)ccc1CCC(=O)O. The van der Waals surface area contributed by atoms with Crippen LogP contribution in [0, 0.1) is 18.6 Å². The maximum absolute atomic E-state index is 14.6. The fraction of sp³-hybridized carbons (Fsp3) is 0.267. The Bertz CT molecular complexity index is 1530. The van der Waals surface area contributed by atoms with Crippen LogP contribution in [0.3, 0.4) is 0 Å². The molecule has 0 radical (unpaired) electrons. The number of fused-ring (bicyclic) bond motifs is 1. The molecule has 1 aromatic heterocycles. The van der Waals surface area contributed by atoms with Crippen LogP contribution in [-0.4, -0.2) is 21.6 Å². The Morgan fingerprint density at radius 2 is 1.76 bits per heavy atom. The first-order chi connectivity index (χ1) is 18.1. The molecule has 1 unspecified atom stereocenters. The van der Waals surface area contributed by atoms with E-state index in [4.69, 9.17) is 9.84 Å². The number of carbonyl (C=O) groups is 2. The molecule has 1 atom stereocenters. The molecular formula is C30H30F2N2O4. The van der Waals surface area contributed by atoms with E-state index < -0.39 is 17.8 Å². The van der Waals surface area contributed by atoms with Gasteiger partial charge in [-0.05, 0) is 91.4 Å². The lowest BCUT2D eigenvalue weighted by Crippen LogP contribution is -2.29. The van der Waals surface area contributed by atoms with Crippen LogP contribution in [-0.2, 0) is 24.7 Å². The van der Waals surface area contributed by atoms with Crippen molar-refractivity contribution in [3.63, 3.8) is 0 Å². The standard InChI is InChI=1S/C30H30F2N2O4/c1-5-19-13-24(9-6-20(19)7-11-28(35)36)38-25-14-21(12-23(32)15-25)18(3)33-30(37)29-17(2)26-16-22(31)8-10-27(26)34(29)4/h6,8-10,12-16,18H,5,7,11H2,1-4H3,(H,33,37)(H,35,36). The van der Waals surface area contributed by atoms with Crippen molar-refractivity contribution in [1.29, 1.82) is 0 Å². The number of rotatable bonds is 9. The zero-order valence-electron chi connectivity index (χ0n) is 21.8. The number of aryl methyl sites for hydroxylation is 4. The summed E-state index contributed by atoms with van der Waals surface area (Å²) in [5.74, 6) is -1.32. The van der Waals surface area contributed by atoms with Crippen molar-refractivity contribution in [2.24, 2.45) is 7.05 Å². The number of amides is 1. The predicted octanol–water partition coefficient (Wildman–Crippen LogP) is 6.63. The molecular weight excluding hydrogens is 490 g/mol. The summed E-state index contributed by atoms with van der Waals surface area (Å²) in [5, 5.41) is 12.5. The van der Waals surface area contributed by atoms with Gasteiger partial charge in [-0.1, -0.05) is 13.0 Å². The molecule has 0 bridgehead atoms. The van der Waals surface area contributed by atoms with Gasteiger partial charge in [0.25, 0.3) is 5.91 Å². The van der Waals surface area contributed by atoms with Gasteiger partial charge < -0.3 is 19.7 Å². The van der Waals surface area contributed by atoms with Gasteiger partial charge >= 0.3 is 5.97 Å². The largest absolute Gasteiger partial charge is 0.481 e. The molecule has 8 heteroatoms. The van der Waals surface area contributed by atoms with Crippen molar-refractivity contribution in [2.45, 2.75) is 46.1 Å². The molecule has 0 spiro atoms. The lowest BCUT2D eigenvalue weighted by Gasteiger charge is -2.17. The molecule has 6 nitrogen and oxygen atoms in total. The molecule has 0 aliphatic rings. The van der Waals surface area contributed by atoms with E-state index in [0.29, 0.717) is 40.8 Å². The summed E-state index contributed by atoms with van der Waals surface area (Å²) in [4.78, 5) is 24.1. The van der Waals surface area contributed by atoms with Gasteiger partial charge in [-0.2, -0.15) is 0 Å². The number of carboxylic acid groups (broad SMARTS) is 1. The number of hydrogen-bond acceptors (Lipinski definition) is 3. The summed E-state index contributed by atoms with van der Waals surface area (Å²) in [6.07, 6.45) is 1.16. The summed E-state index contributed by atoms with van der Waals surface area (Å²) in [7, 11) is 1.75. The van der Waals surface area contributed by atoms with Gasteiger partial charge in [-0.25, -0.2) is 8.78 Å². The monoisotopic (exact) mass is 520 g/mol. The van der Waals surface area contributed by atoms with E-state index in [0.717, 1.165) is 16.6 Å². The van der Waals surface area contributed by atoms with Crippen LogP contribution in [0.25, 0.3) is 10.9 Å². The van der Waals surface area contributed by atoms with E-state index in [-0.39, 0.29) is 23.9 Å². The first kappa shape index (κ1) is 26.9. The van der Waals surface area contributed by atoms with Crippen LogP contribution in [0.1, 0.15) is 59.1 Å². The Hall–Kier alpha value is -4.20. The van der Waals surface area contributed by atoms with Crippen molar-refractivity contribution >= 4 is 22.8 Å². The van der Waals surface area contributed by atoms with Crippen molar-refractivity contribution < 1.29 is 28.2 Å². The van der Waals surface area contributed by atoms with Crippen molar-refractivity contribution in [3.8, 4) is 11.5 Å². The molecule has 3 aromatic carbocycles. The number of hydrogen-bond donors (Lipinski definition) is 2. The van der Waals surface area contributed by atoms with E-state index in [1.54, 1.807) is 43.7 Å². The summed E-state index contributed by atoms with van der Waals surface area (Å²) >= 11 is 0. The number of aromatic nitrogens is 1. The molecule has 0 aliphatic heterocycles. The second-order valence-electron chi connectivity index (χ2n) is 9.39. The van der Waals surface area contributed by atoms with Crippen LogP contribution in [0.4, 0.5) is 8.78 Å². The Morgan fingerprint density at radius 3 is 2.47 bits per heavy atom. The zero-order valence-corrected chi connectivity index (χ0v) is 21.8. The molecule has 38 heavy (non-hydrogen) atoms. The third-order valence-electron chi connectivity index (χ3n) is 6.77. The highest BCUT2D eigenvalue weighted by Gasteiger charge is 2.21. The number of nitrogens with zero attached hydrogens (tertiary/aromatic N) is 1. The van der Waals surface area contributed by atoms with Gasteiger partial charge in [0.15, 0.2) is 0 Å². The molecule has 4 aromatic rings. The number of aliphatic carboxylic acids is 1. The average molecular weight is 521 g/mol. The first-order valence-electron chi connectivity index (χ1n) is 12.4. The highest BCUT2D eigenvalue weighted by Crippen LogP contribution is 2.30. The van der Waals surface area contributed by atoms with Crippen molar-refractivity contribution in [2.75, 3.05) is 0 Å². The molecule has 0 fully saturated rings. The summed E-state index contributed by atoms with van der Waals surface area (Å²) < 4.78 is 36.0. The zero-order chi connectivity index (χ0) is 27.6. The van der Waals surface area contributed by atoms with Crippen molar-refractivity contribution in [3.05, 3.63) is 94.2 Å². The smallest absolute Gasteiger partial charge is 0.303 e. The summed E-state index contributed by atoms with van der Waals surface area (Å²) in [6, 6.07) is 13.5. The highest BCUT2D eigenvalue weighted by molar-refractivity contribution is 6.01. The number of benzene rings is 3. The molecule has 2 N–H and O–H groups in total. The number of carboxylic acids is 1. The van der Waals surface area contributed by atoms with Gasteiger partial charge in [0.05, 0.1) is 6.04 Å². The number of ether oxygens (including phenoxy) is 1. The van der Waals surface area contributed by atoms with Crippen LogP contribution >= 0.6 is 0 Å². The highest BCUT2D eigenvalue weighted by atomic mass is 19.1. The van der Waals surface area contributed by atoms with Gasteiger partial charge in [0, 0.05) is 30.4 Å². The predicted molar refractivity (Wildman–Crippen MR) is 142 cm³/mol. The fourth-order valence-corrected chi connectivity index (χ4v) is 4.78. The van der Waals surface area contributed by atoms with Crippen LogP contribution < -0.4 is 10.1 Å². The second-order valence-corrected chi connectivity index (χ2v) is 9.39. The van der Waals surface area contributed by atoms with E-state index in [2.05, 4.69) is 5.32 Å². The topological polar surface area (TPSA) is 80.6 Å². The minimum Gasteiger partial charge on any atom is -0.481 e. The maximum Gasteiger partial charge on any atom is 0.303 e. The quantitative estimate of drug-likeness (QED) is 0.260. The summed E-state index contributed by atoms with van der Waals surface area (Å²) in [6.45, 7) is 5.50. The third kappa shape index (κ3) is 5.69. The fourth-order valence-electron chi connectivity index (χ4n) is 4.78. The molecule has 1 heterocycles. The van der Waals surface area contributed by atoms with Gasteiger partial charge in [-0.15, -0.1) is 0 Å². The van der Waals surface area contributed by atoms with Crippen LogP contribution in [0.2, 0.25) is 0 Å². The molecule has 0 saturated heterocycles. The van der Waals surface area contributed by atoms with Gasteiger partial charge in [0.2, 0.25) is 0 Å². The van der Waals surface area contributed by atoms with Crippen LogP contribution in [0.5, 0.6) is 11.5 Å². The Labute approximate surface area is 219 Å². The normalized spacial score (nSPS) is 11.9. The number of nitrogens with one attached hydrogen (secondary N) is 1. The van der Waals surface area contributed by atoms with Crippen LogP contribution in [0.15, 0.2) is 54.6 Å². The van der Waals surface area contributed by atoms with E-state index in [9.17, 15) is 18.4 Å². The van der Waals surface area contributed by atoms with E-state index in [1.807, 2.05) is 19.1 Å². The first-order valence-corrected chi connectivity index (χ1v) is 12.4. The third-order valence-corrected chi connectivity index (χ3v) is 6.77. The van der Waals surface area contributed by atoms with Gasteiger partial charge in [-0.3, -0.25) is 9.59 Å². The van der Waals surface area contributed by atoms with Gasteiger partial charge in [0.1, 0.15) is 28.8 Å². The lowest BCUT2D eigenvalue weighted by atomic mass is 10.0. The lowest BCUT2D eigenvalue weighted by molar-refractivity contribution is -0.136. The molecule has 4 rings (SSSR count). The minimum absolute atomic E-state index is 0.0409. The van der Waals surface area contributed by atoms with Crippen molar-refractivity contribution in [1.82, 2.24) is 9.88 Å². The Balaban J connectivity index is 1.54. The molecule has 0 aliphatic carbocycles. The van der Waals surface area contributed by atoms with E-state index >= 15 is 0 Å². The second kappa shape index (κ2) is 11.0. The maximum atomic E-state index is 14.6. The molecule has 198 valence electrons. The summed E-state index contributed by atoms with van der Waals surface area (Å²) in [5.41, 5.74) is 4.22. The minimum atomic E-state index is -0.856. The molecule has 0 saturated carbocycles. The van der Waals surface area contributed by atoms with E-state index in [1.165, 1.54) is 24.3 Å². The Kier molecular flexibility index (Phi) is 7.80. The molecule has 1 amide bonds. The average Bonchev–Trinajstić information content (AvgIpc) is 3.11. The Morgan fingerprint density at radius 1 is 1.00 bits per heavy atom. The number of halogens is 2.